The zero-order valence-electron chi connectivity index (χ0n) is 11.0. The minimum Gasteiger partial charge on any atom is -0.409 e. The number of oxime groups is 1. The van der Waals surface area contributed by atoms with Crippen LogP contribution >= 0.6 is 0 Å². The summed E-state index contributed by atoms with van der Waals surface area (Å²) in [5.74, 6) is 0.156. The van der Waals surface area contributed by atoms with Crippen LogP contribution < -0.4 is 10.6 Å². The van der Waals surface area contributed by atoms with Crippen LogP contribution in [0.5, 0.6) is 0 Å². The maximum atomic E-state index is 8.64. The third kappa shape index (κ3) is 2.28. The zero-order chi connectivity index (χ0) is 13.1. The fourth-order valence-corrected chi connectivity index (χ4v) is 2.80. The highest BCUT2D eigenvalue weighted by atomic mass is 16.4. The van der Waals surface area contributed by atoms with Gasteiger partial charge in [0.15, 0.2) is 5.84 Å². The van der Waals surface area contributed by atoms with Gasteiger partial charge in [-0.1, -0.05) is 12.1 Å². The standard InChI is InChI=1S/C14H21N3O/c1-3-12-7-4-10(2)17(12)13-8-5-11(6-9-13)14(15)16-18/h5-6,8-10,12,18H,3-4,7H2,1-2H3,(H2,15,16). The summed E-state index contributed by atoms with van der Waals surface area (Å²) in [6.07, 6.45) is 3.69. The van der Waals surface area contributed by atoms with Gasteiger partial charge < -0.3 is 15.8 Å². The predicted octanol–water partition coefficient (Wildman–Crippen LogP) is 2.55. The highest BCUT2D eigenvalue weighted by Gasteiger charge is 2.29. The quantitative estimate of drug-likeness (QED) is 0.373. The molecule has 1 aliphatic heterocycles. The summed E-state index contributed by atoms with van der Waals surface area (Å²) in [4.78, 5) is 2.48. The van der Waals surface area contributed by atoms with E-state index in [2.05, 4.69) is 36.0 Å². The molecule has 1 fully saturated rings. The Hall–Kier alpha value is -1.71. The largest absolute Gasteiger partial charge is 0.409 e. The molecule has 2 unspecified atom stereocenters. The molecule has 3 N–H and O–H groups in total. The summed E-state index contributed by atoms with van der Waals surface area (Å²) < 4.78 is 0. The van der Waals surface area contributed by atoms with Crippen LogP contribution in [0.3, 0.4) is 0 Å². The number of hydrogen-bond donors (Lipinski definition) is 2. The molecule has 0 bridgehead atoms. The van der Waals surface area contributed by atoms with Crippen molar-refractivity contribution in [2.75, 3.05) is 4.90 Å². The molecule has 1 heterocycles. The maximum absolute atomic E-state index is 8.64. The van der Waals surface area contributed by atoms with Gasteiger partial charge in [-0.3, -0.25) is 0 Å². The number of nitrogens with zero attached hydrogens (tertiary/aromatic N) is 2. The first kappa shape index (κ1) is 12.7. The lowest BCUT2D eigenvalue weighted by Gasteiger charge is -2.30. The van der Waals surface area contributed by atoms with Crippen molar-refractivity contribution in [3.63, 3.8) is 0 Å². The summed E-state index contributed by atoms with van der Waals surface area (Å²) in [5.41, 5.74) is 7.54. The Bertz CT molecular complexity index is 427. The Labute approximate surface area is 108 Å². The van der Waals surface area contributed by atoms with Crippen molar-refractivity contribution < 1.29 is 5.21 Å². The van der Waals surface area contributed by atoms with Gasteiger partial charge in [0.25, 0.3) is 0 Å². The number of amidine groups is 1. The first-order valence-electron chi connectivity index (χ1n) is 6.53. The van der Waals surface area contributed by atoms with Gasteiger partial charge in [-0.05, 0) is 50.5 Å². The van der Waals surface area contributed by atoms with Gasteiger partial charge in [-0.15, -0.1) is 0 Å². The lowest BCUT2D eigenvalue weighted by Crippen LogP contribution is -2.34. The summed E-state index contributed by atoms with van der Waals surface area (Å²) in [5, 5.41) is 11.7. The smallest absolute Gasteiger partial charge is 0.170 e. The molecule has 2 rings (SSSR count). The number of rotatable bonds is 3. The number of nitrogens with two attached hydrogens (primary N) is 1. The minimum atomic E-state index is 0.156. The van der Waals surface area contributed by atoms with Gasteiger partial charge in [0, 0.05) is 23.3 Å². The van der Waals surface area contributed by atoms with Crippen LogP contribution in [0.4, 0.5) is 5.69 Å². The van der Waals surface area contributed by atoms with Gasteiger partial charge in [0.2, 0.25) is 0 Å². The lowest BCUT2D eigenvalue weighted by molar-refractivity contribution is 0.318. The second-order valence-corrected chi connectivity index (χ2v) is 4.93. The Balaban J connectivity index is 2.23. The van der Waals surface area contributed by atoms with Crippen LogP contribution in [-0.2, 0) is 0 Å². The average molecular weight is 247 g/mol. The predicted molar refractivity (Wildman–Crippen MR) is 74.2 cm³/mol. The third-order valence-electron chi connectivity index (χ3n) is 3.83. The molecule has 1 saturated heterocycles. The van der Waals surface area contributed by atoms with Crippen molar-refractivity contribution in [1.29, 1.82) is 0 Å². The SMILES string of the molecule is CCC1CCC(C)N1c1ccc(/C(N)=N/O)cc1. The highest BCUT2D eigenvalue weighted by Crippen LogP contribution is 2.31. The Morgan fingerprint density at radius 1 is 1.39 bits per heavy atom. The van der Waals surface area contributed by atoms with Crippen molar-refractivity contribution in [1.82, 2.24) is 0 Å². The van der Waals surface area contributed by atoms with Crippen molar-refractivity contribution in [3.8, 4) is 0 Å². The van der Waals surface area contributed by atoms with Gasteiger partial charge >= 0.3 is 0 Å². The maximum Gasteiger partial charge on any atom is 0.170 e. The van der Waals surface area contributed by atoms with Gasteiger partial charge in [-0.25, -0.2) is 0 Å². The molecule has 4 nitrogen and oxygen atoms in total. The molecule has 1 aliphatic rings. The van der Waals surface area contributed by atoms with Crippen molar-refractivity contribution in [3.05, 3.63) is 29.8 Å². The normalized spacial score (nSPS) is 24.6. The van der Waals surface area contributed by atoms with E-state index in [-0.39, 0.29) is 5.84 Å². The molecule has 0 spiro atoms. The van der Waals surface area contributed by atoms with E-state index in [9.17, 15) is 0 Å². The van der Waals surface area contributed by atoms with E-state index in [1.54, 1.807) is 0 Å². The molecule has 0 amide bonds. The van der Waals surface area contributed by atoms with Crippen LogP contribution in [0.25, 0.3) is 0 Å². The summed E-state index contributed by atoms with van der Waals surface area (Å²) in [7, 11) is 0. The second kappa shape index (κ2) is 5.29. The summed E-state index contributed by atoms with van der Waals surface area (Å²) >= 11 is 0. The molecule has 1 aromatic rings. The third-order valence-corrected chi connectivity index (χ3v) is 3.83. The Morgan fingerprint density at radius 3 is 2.61 bits per heavy atom. The summed E-state index contributed by atoms with van der Waals surface area (Å²) in [6.45, 7) is 4.51. The van der Waals surface area contributed by atoms with Crippen LogP contribution in [0.2, 0.25) is 0 Å². The topological polar surface area (TPSA) is 61.8 Å². The first-order chi connectivity index (χ1) is 8.67. The van der Waals surface area contributed by atoms with Gasteiger partial charge in [-0.2, -0.15) is 0 Å². The number of hydrogen-bond acceptors (Lipinski definition) is 3. The molecule has 0 aliphatic carbocycles. The van der Waals surface area contributed by atoms with Crippen LogP contribution in [0.1, 0.15) is 38.7 Å². The van der Waals surface area contributed by atoms with E-state index in [1.807, 2.05) is 12.1 Å². The van der Waals surface area contributed by atoms with E-state index in [0.29, 0.717) is 12.1 Å². The van der Waals surface area contributed by atoms with Crippen molar-refractivity contribution >= 4 is 11.5 Å². The summed E-state index contributed by atoms with van der Waals surface area (Å²) in [6, 6.07) is 9.14. The van der Waals surface area contributed by atoms with Crippen LogP contribution in [0.15, 0.2) is 29.4 Å². The molecule has 1 aromatic carbocycles. The van der Waals surface area contributed by atoms with Crippen LogP contribution in [0, 0.1) is 0 Å². The molecule has 18 heavy (non-hydrogen) atoms. The van der Waals surface area contributed by atoms with Crippen molar-refractivity contribution in [2.45, 2.75) is 45.2 Å². The zero-order valence-corrected chi connectivity index (χ0v) is 11.0. The Morgan fingerprint density at radius 2 is 2.06 bits per heavy atom. The van der Waals surface area contributed by atoms with E-state index < -0.39 is 0 Å². The molecule has 2 atom stereocenters. The minimum absolute atomic E-state index is 0.156. The highest BCUT2D eigenvalue weighted by molar-refractivity contribution is 5.97. The molecule has 0 saturated carbocycles. The number of anilines is 1. The number of benzene rings is 1. The van der Waals surface area contributed by atoms with E-state index in [4.69, 9.17) is 10.9 Å². The Kier molecular flexibility index (Phi) is 3.75. The monoisotopic (exact) mass is 247 g/mol. The molecular weight excluding hydrogens is 226 g/mol. The molecule has 98 valence electrons. The van der Waals surface area contributed by atoms with Crippen LogP contribution in [-0.4, -0.2) is 23.1 Å². The van der Waals surface area contributed by atoms with E-state index in [0.717, 1.165) is 5.56 Å². The first-order valence-corrected chi connectivity index (χ1v) is 6.53. The van der Waals surface area contributed by atoms with Gasteiger partial charge in [0.1, 0.15) is 0 Å². The fraction of sp³-hybridized carbons (Fsp3) is 0.500. The molecule has 0 radical (unpaired) electrons. The lowest BCUT2D eigenvalue weighted by atomic mass is 10.1. The molecule has 4 heteroatoms. The fourth-order valence-electron chi connectivity index (χ4n) is 2.80. The van der Waals surface area contributed by atoms with Gasteiger partial charge in [0.05, 0.1) is 0 Å². The van der Waals surface area contributed by atoms with Crippen molar-refractivity contribution in [2.24, 2.45) is 10.9 Å². The molecular formula is C14H21N3O. The van der Waals surface area contributed by atoms with E-state index >= 15 is 0 Å². The van der Waals surface area contributed by atoms with E-state index in [1.165, 1.54) is 24.9 Å². The average Bonchev–Trinajstić information content (AvgIpc) is 2.79. The second-order valence-electron chi connectivity index (χ2n) is 4.93. The molecule has 0 aromatic heterocycles.